The topological polar surface area (TPSA) is 18.5 Å². The molecule has 0 unspecified atom stereocenters. The van der Waals surface area contributed by atoms with Crippen LogP contribution in [0, 0.1) is 6.92 Å². The van der Waals surface area contributed by atoms with Gasteiger partial charge in [0, 0.05) is 14.2 Å². The minimum absolute atomic E-state index is 1.04. The van der Waals surface area contributed by atoms with Gasteiger partial charge in [0.25, 0.3) is 0 Å². The second kappa shape index (κ2) is 6.63. The van der Waals surface area contributed by atoms with E-state index in [-0.39, 0.29) is 0 Å². The highest BCUT2D eigenvalue weighted by Crippen LogP contribution is 2.16. The van der Waals surface area contributed by atoms with Crippen LogP contribution >= 0.6 is 0 Å². The average molecular weight is 189 g/mol. The van der Waals surface area contributed by atoms with E-state index in [1.165, 1.54) is 19.3 Å². The molecule has 0 aliphatic heterocycles. The van der Waals surface area contributed by atoms with Crippen molar-refractivity contribution >= 4 is 8.56 Å². The third-order valence-electron chi connectivity index (χ3n) is 2.24. The predicted octanol–water partition coefficient (Wildman–Crippen LogP) is 2.75. The summed E-state index contributed by atoms with van der Waals surface area (Å²) in [6.45, 7) is 5.92. The van der Waals surface area contributed by atoms with Gasteiger partial charge in [0.05, 0.1) is 0 Å². The highest BCUT2D eigenvalue weighted by Gasteiger charge is 2.27. The largest absolute Gasteiger partial charge is 0.398 e. The molecule has 0 aromatic rings. The van der Waals surface area contributed by atoms with Gasteiger partial charge in [0.1, 0.15) is 0 Å². The van der Waals surface area contributed by atoms with Gasteiger partial charge in [0.15, 0.2) is 0 Å². The SMILES string of the molecule is [CH2]CCCCC[Si](C)(OC)OC. The molecule has 0 fully saturated rings. The molecule has 0 aromatic carbocycles. The van der Waals surface area contributed by atoms with E-state index in [0.717, 1.165) is 12.5 Å². The van der Waals surface area contributed by atoms with Crippen LogP contribution in [0.5, 0.6) is 0 Å². The van der Waals surface area contributed by atoms with Gasteiger partial charge >= 0.3 is 8.56 Å². The van der Waals surface area contributed by atoms with Crippen molar-refractivity contribution in [3.8, 4) is 0 Å². The summed E-state index contributed by atoms with van der Waals surface area (Å²) in [5.41, 5.74) is 0. The molecule has 0 heterocycles. The Labute approximate surface area is 77.5 Å². The maximum atomic E-state index is 5.37. The van der Waals surface area contributed by atoms with Gasteiger partial charge < -0.3 is 8.85 Å². The molecule has 0 amide bonds. The molecular formula is C9H21O2Si. The van der Waals surface area contributed by atoms with Crippen molar-refractivity contribution in [1.82, 2.24) is 0 Å². The van der Waals surface area contributed by atoms with E-state index >= 15 is 0 Å². The monoisotopic (exact) mass is 189 g/mol. The lowest BCUT2D eigenvalue weighted by Gasteiger charge is -2.22. The summed E-state index contributed by atoms with van der Waals surface area (Å²) in [5.74, 6) is 0. The van der Waals surface area contributed by atoms with E-state index in [4.69, 9.17) is 8.85 Å². The fourth-order valence-corrected chi connectivity index (χ4v) is 2.55. The zero-order chi connectivity index (χ0) is 9.45. The minimum Gasteiger partial charge on any atom is -0.398 e. The third-order valence-corrected chi connectivity index (χ3v) is 5.23. The zero-order valence-electron chi connectivity index (χ0n) is 8.56. The van der Waals surface area contributed by atoms with E-state index < -0.39 is 8.56 Å². The van der Waals surface area contributed by atoms with E-state index in [1.807, 2.05) is 0 Å². The van der Waals surface area contributed by atoms with Crippen LogP contribution in [-0.4, -0.2) is 22.8 Å². The van der Waals surface area contributed by atoms with Crippen LogP contribution < -0.4 is 0 Å². The standard InChI is InChI=1S/C9H21O2Si/c1-5-6-7-8-9-12(4,10-2)11-3/h1,5-9H2,2-4H3. The first-order valence-corrected chi connectivity index (χ1v) is 7.10. The van der Waals surface area contributed by atoms with Crippen LogP contribution in [0.3, 0.4) is 0 Å². The molecule has 12 heavy (non-hydrogen) atoms. The Morgan fingerprint density at radius 2 is 1.67 bits per heavy atom. The van der Waals surface area contributed by atoms with Crippen molar-refractivity contribution in [3.05, 3.63) is 6.92 Å². The zero-order valence-corrected chi connectivity index (χ0v) is 9.56. The summed E-state index contributed by atoms with van der Waals surface area (Å²) in [6, 6.07) is 1.10. The summed E-state index contributed by atoms with van der Waals surface area (Å²) in [4.78, 5) is 0. The van der Waals surface area contributed by atoms with Gasteiger partial charge in [-0.25, -0.2) is 0 Å². The van der Waals surface area contributed by atoms with Crippen LogP contribution in [0.4, 0.5) is 0 Å². The van der Waals surface area contributed by atoms with Gasteiger partial charge in [-0.3, -0.25) is 0 Å². The summed E-state index contributed by atoms with van der Waals surface area (Å²) in [6.07, 6.45) is 4.72. The smallest absolute Gasteiger partial charge is 0.334 e. The third kappa shape index (κ3) is 4.90. The van der Waals surface area contributed by atoms with E-state index in [1.54, 1.807) is 14.2 Å². The van der Waals surface area contributed by atoms with E-state index in [9.17, 15) is 0 Å². The first-order valence-electron chi connectivity index (χ1n) is 4.58. The Bertz CT molecular complexity index is 103. The van der Waals surface area contributed by atoms with Crippen LogP contribution in [0.25, 0.3) is 0 Å². The lowest BCUT2D eigenvalue weighted by atomic mass is 10.2. The normalized spacial score (nSPS) is 12.0. The van der Waals surface area contributed by atoms with Crippen LogP contribution in [0.2, 0.25) is 12.6 Å². The molecular weight excluding hydrogens is 168 g/mol. The second-order valence-electron chi connectivity index (χ2n) is 3.21. The second-order valence-corrected chi connectivity index (χ2v) is 6.79. The fraction of sp³-hybridized carbons (Fsp3) is 0.889. The molecule has 2 nitrogen and oxygen atoms in total. The highest BCUT2D eigenvalue weighted by atomic mass is 28.4. The molecule has 0 saturated carbocycles. The van der Waals surface area contributed by atoms with Crippen molar-refractivity contribution in [1.29, 1.82) is 0 Å². The van der Waals surface area contributed by atoms with Gasteiger partial charge in [-0.15, -0.1) is 0 Å². The average Bonchev–Trinajstić information content (AvgIpc) is 2.12. The van der Waals surface area contributed by atoms with Crippen LogP contribution in [0.1, 0.15) is 25.7 Å². The van der Waals surface area contributed by atoms with Crippen molar-refractivity contribution in [3.63, 3.8) is 0 Å². The van der Waals surface area contributed by atoms with Crippen molar-refractivity contribution in [2.75, 3.05) is 14.2 Å². The van der Waals surface area contributed by atoms with Crippen LogP contribution in [0.15, 0.2) is 0 Å². The summed E-state index contributed by atoms with van der Waals surface area (Å²) < 4.78 is 10.7. The first-order chi connectivity index (χ1) is 5.68. The molecule has 0 atom stereocenters. The molecule has 1 radical (unpaired) electrons. The lowest BCUT2D eigenvalue weighted by molar-refractivity contribution is 0.248. The van der Waals surface area contributed by atoms with Crippen molar-refractivity contribution < 1.29 is 8.85 Å². The van der Waals surface area contributed by atoms with Crippen LogP contribution in [-0.2, 0) is 8.85 Å². The van der Waals surface area contributed by atoms with Gasteiger partial charge in [-0.1, -0.05) is 32.6 Å². The summed E-state index contributed by atoms with van der Waals surface area (Å²) in [7, 11) is 1.73. The highest BCUT2D eigenvalue weighted by molar-refractivity contribution is 6.65. The van der Waals surface area contributed by atoms with Gasteiger partial charge in [-0.05, 0) is 12.6 Å². The molecule has 0 aliphatic carbocycles. The molecule has 0 N–H and O–H groups in total. The molecule has 3 heteroatoms. The maximum Gasteiger partial charge on any atom is 0.334 e. The Morgan fingerprint density at radius 3 is 2.08 bits per heavy atom. The molecule has 0 spiro atoms. The molecule has 0 saturated heterocycles. The molecule has 0 aromatic heterocycles. The number of hydrogen-bond acceptors (Lipinski definition) is 2. The maximum absolute atomic E-state index is 5.37. The van der Waals surface area contributed by atoms with Crippen molar-refractivity contribution in [2.45, 2.75) is 38.3 Å². The van der Waals surface area contributed by atoms with Crippen molar-refractivity contribution in [2.24, 2.45) is 0 Å². The first kappa shape index (κ1) is 12.1. The molecule has 73 valence electrons. The van der Waals surface area contributed by atoms with E-state index in [0.29, 0.717) is 0 Å². The Balaban J connectivity index is 3.45. The predicted molar refractivity (Wildman–Crippen MR) is 54.3 cm³/mol. The lowest BCUT2D eigenvalue weighted by Crippen LogP contribution is -2.35. The summed E-state index contributed by atoms with van der Waals surface area (Å²) in [5, 5.41) is 0. The quantitative estimate of drug-likeness (QED) is 0.453. The summed E-state index contributed by atoms with van der Waals surface area (Å²) >= 11 is 0. The fourth-order valence-electron chi connectivity index (χ4n) is 1.09. The minimum atomic E-state index is -1.77. The molecule has 0 rings (SSSR count). The van der Waals surface area contributed by atoms with E-state index in [2.05, 4.69) is 13.5 Å². The van der Waals surface area contributed by atoms with Gasteiger partial charge in [-0.2, -0.15) is 0 Å². The molecule has 0 bridgehead atoms. The number of rotatable bonds is 7. The Kier molecular flexibility index (Phi) is 6.71. The number of unbranched alkanes of at least 4 members (excludes halogenated alkanes) is 3. The Hall–Kier alpha value is 0.137. The van der Waals surface area contributed by atoms with Gasteiger partial charge in [0.2, 0.25) is 0 Å². The Morgan fingerprint density at radius 1 is 1.08 bits per heavy atom. The number of hydrogen-bond donors (Lipinski definition) is 0. The molecule has 0 aliphatic rings.